The summed E-state index contributed by atoms with van der Waals surface area (Å²) < 4.78 is 5.54. The Hall–Kier alpha value is -5.55. The molecule has 2 fully saturated rings. The summed E-state index contributed by atoms with van der Waals surface area (Å²) in [6.45, 7) is 15.7. The zero-order chi connectivity index (χ0) is 35.2. The topological polar surface area (TPSA) is 97.8 Å². The molecule has 3 aromatic carbocycles. The average Bonchev–Trinajstić information content (AvgIpc) is 3.18. The van der Waals surface area contributed by atoms with E-state index in [1.165, 1.54) is 5.69 Å². The molecule has 0 bridgehead atoms. The number of allylic oxidation sites excluding steroid dienone is 3. The lowest BCUT2D eigenvalue weighted by Crippen LogP contribution is -2.48. The number of rotatable bonds is 12. The molecule has 2 N–H and O–H groups in total. The van der Waals surface area contributed by atoms with Crippen LogP contribution < -0.4 is 30.1 Å². The molecule has 262 valence electrons. The summed E-state index contributed by atoms with van der Waals surface area (Å²) in [5.74, 6) is 2.70. The molecule has 0 atom stereocenters. The van der Waals surface area contributed by atoms with Gasteiger partial charge in [-0.25, -0.2) is 4.98 Å². The summed E-state index contributed by atoms with van der Waals surface area (Å²) in [5, 5.41) is 9.76. The van der Waals surface area contributed by atoms with Gasteiger partial charge in [0, 0.05) is 92.6 Å². The van der Waals surface area contributed by atoms with Crippen molar-refractivity contribution in [3.05, 3.63) is 109 Å². The molecule has 5 aromatic rings. The van der Waals surface area contributed by atoms with Gasteiger partial charge in [-0.05, 0) is 60.7 Å². The standard InChI is InChI=1S/C39H43ClN10O/c1-4-9-29(5-2)47-18-22-49(23-19-47)38-44-37(45-39(46-38)50-24-20-48(21-25-50)30-10-7-6-8-11-30)42-17-16-41-36-32-14-12-28(40)26-35(32)43-34-15-13-31(51-3)27-33(34)36/h4-15,26-27H,1-2,16-25H2,3H3,(H,41,43)(H,42,44,45,46)/b29-9+. The summed E-state index contributed by atoms with van der Waals surface area (Å²) in [6, 6.07) is 22.3. The first-order valence-corrected chi connectivity index (χ1v) is 17.7. The first-order chi connectivity index (χ1) is 25.0. The van der Waals surface area contributed by atoms with E-state index in [1.807, 2.05) is 48.6 Å². The number of benzene rings is 3. The smallest absolute Gasteiger partial charge is 0.232 e. The highest BCUT2D eigenvalue weighted by Crippen LogP contribution is 2.34. The number of hydrogen-bond donors (Lipinski definition) is 2. The van der Waals surface area contributed by atoms with Crippen LogP contribution in [0.2, 0.25) is 5.02 Å². The number of nitrogens with zero attached hydrogens (tertiary/aromatic N) is 8. The lowest BCUT2D eigenvalue weighted by molar-refractivity contribution is 0.328. The van der Waals surface area contributed by atoms with Gasteiger partial charge < -0.3 is 35.0 Å². The number of halogens is 1. The van der Waals surface area contributed by atoms with Crippen molar-refractivity contribution in [1.29, 1.82) is 0 Å². The number of ether oxygens (including phenoxy) is 1. The largest absolute Gasteiger partial charge is 0.497 e. The highest BCUT2D eigenvalue weighted by atomic mass is 35.5. The Kier molecular flexibility index (Phi) is 10.3. The monoisotopic (exact) mass is 702 g/mol. The van der Waals surface area contributed by atoms with Crippen LogP contribution in [0.25, 0.3) is 21.8 Å². The molecule has 12 heteroatoms. The molecule has 2 aliphatic rings. The zero-order valence-corrected chi connectivity index (χ0v) is 29.7. The van der Waals surface area contributed by atoms with Gasteiger partial charge in [-0.1, -0.05) is 49.0 Å². The number of hydrogen-bond acceptors (Lipinski definition) is 11. The molecule has 0 aliphatic carbocycles. The quantitative estimate of drug-likeness (QED) is 0.0852. The molecule has 0 saturated carbocycles. The minimum absolute atomic E-state index is 0.556. The normalized spacial score (nSPS) is 15.3. The number of fused-ring (bicyclic) bond motifs is 2. The number of piperazine rings is 2. The molecule has 2 aliphatic heterocycles. The molecule has 7 rings (SSSR count). The lowest BCUT2D eigenvalue weighted by atomic mass is 10.1. The van der Waals surface area contributed by atoms with Crippen molar-refractivity contribution in [3.63, 3.8) is 0 Å². The Bertz CT molecular complexity index is 2040. The number of pyridine rings is 1. The summed E-state index contributed by atoms with van der Waals surface area (Å²) in [7, 11) is 1.67. The lowest BCUT2D eigenvalue weighted by Gasteiger charge is -2.38. The van der Waals surface area contributed by atoms with E-state index in [2.05, 4.69) is 73.7 Å². The van der Waals surface area contributed by atoms with Crippen LogP contribution in [0, 0.1) is 0 Å². The minimum atomic E-state index is 0.556. The molecule has 0 radical (unpaired) electrons. The fourth-order valence-corrected chi connectivity index (χ4v) is 6.85. The van der Waals surface area contributed by atoms with Crippen LogP contribution in [-0.4, -0.2) is 97.4 Å². The van der Waals surface area contributed by atoms with Crippen LogP contribution >= 0.6 is 11.6 Å². The van der Waals surface area contributed by atoms with E-state index in [4.69, 9.17) is 36.3 Å². The van der Waals surface area contributed by atoms with Crippen molar-refractivity contribution in [3.8, 4) is 5.75 Å². The molecule has 0 unspecified atom stereocenters. The SMILES string of the molecule is C=C/C=C(\C=C)N1CCN(c2nc(NCCNc3c4ccc(Cl)cc4nc4ccc(OC)cc34)nc(N3CCN(c4ccccc4)CC3)n2)CC1. The summed E-state index contributed by atoms with van der Waals surface area (Å²) in [6.07, 6.45) is 5.68. The summed E-state index contributed by atoms with van der Waals surface area (Å²) >= 11 is 6.35. The van der Waals surface area contributed by atoms with Crippen molar-refractivity contribution in [2.24, 2.45) is 0 Å². The maximum absolute atomic E-state index is 6.35. The maximum Gasteiger partial charge on any atom is 0.232 e. The Morgan fingerprint density at radius 2 is 1.43 bits per heavy atom. The van der Waals surface area contributed by atoms with Gasteiger partial charge in [-0.15, -0.1) is 0 Å². The van der Waals surface area contributed by atoms with E-state index >= 15 is 0 Å². The van der Waals surface area contributed by atoms with Crippen LogP contribution in [-0.2, 0) is 0 Å². The van der Waals surface area contributed by atoms with Crippen LogP contribution in [0.3, 0.4) is 0 Å². The second-order valence-corrected chi connectivity index (χ2v) is 12.9. The van der Waals surface area contributed by atoms with Crippen molar-refractivity contribution >= 4 is 62.6 Å². The first kappa shape index (κ1) is 33.9. The molecule has 51 heavy (non-hydrogen) atoms. The Morgan fingerprint density at radius 3 is 2.12 bits per heavy atom. The van der Waals surface area contributed by atoms with Gasteiger partial charge in [0.05, 0.1) is 23.8 Å². The minimum Gasteiger partial charge on any atom is -0.497 e. The number of anilines is 5. The van der Waals surface area contributed by atoms with Gasteiger partial charge in [0.1, 0.15) is 5.75 Å². The molecule has 2 saturated heterocycles. The second-order valence-electron chi connectivity index (χ2n) is 12.5. The van der Waals surface area contributed by atoms with Crippen molar-refractivity contribution in [1.82, 2.24) is 24.8 Å². The fourth-order valence-electron chi connectivity index (χ4n) is 6.68. The third-order valence-electron chi connectivity index (χ3n) is 9.37. The predicted octanol–water partition coefficient (Wildman–Crippen LogP) is 6.46. The van der Waals surface area contributed by atoms with Crippen LogP contribution in [0.1, 0.15) is 0 Å². The van der Waals surface area contributed by atoms with Gasteiger partial charge in [-0.3, -0.25) is 0 Å². The third-order valence-corrected chi connectivity index (χ3v) is 9.61. The first-order valence-electron chi connectivity index (χ1n) is 17.3. The number of nitrogens with one attached hydrogen (secondary N) is 2. The predicted molar refractivity (Wildman–Crippen MR) is 211 cm³/mol. The molecule has 2 aromatic heterocycles. The third kappa shape index (κ3) is 7.63. The van der Waals surface area contributed by atoms with Gasteiger partial charge in [0.15, 0.2) is 0 Å². The summed E-state index contributed by atoms with van der Waals surface area (Å²) in [5.41, 5.74) is 4.98. The van der Waals surface area contributed by atoms with E-state index < -0.39 is 0 Å². The van der Waals surface area contributed by atoms with Crippen molar-refractivity contribution in [2.45, 2.75) is 0 Å². The number of methoxy groups -OCH3 is 1. The molecular formula is C39H43ClN10O. The molecule has 0 amide bonds. The van der Waals surface area contributed by atoms with E-state index in [0.29, 0.717) is 36.0 Å². The second kappa shape index (κ2) is 15.6. The summed E-state index contributed by atoms with van der Waals surface area (Å²) in [4.78, 5) is 29.0. The van der Waals surface area contributed by atoms with Crippen molar-refractivity contribution < 1.29 is 4.74 Å². The van der Waals surface area contributed by atoms with Crippen LogP contribution in [0.5, 0.6) is 5.75 Å². The fraction of sp³-hybridized carbons (Fsp3) is 0.282. The zero-order valence-electron chi connectivity index (χ0n) is 28.9. The number of aromatic nitrogens is 4. The Labute approximate surface area is 303 Å². The van der Waals surface area contributed by atoms with E-state index in [9.17, 15) is 0 Å². The number of para-hydroxylation sites is 1. The Morgan fingerprint density at radius 1 is 0.745 bits per heavy atom. The van der Waals surface area contributed by atoms with Gasteiger partial charge in [0.2, 0.25) is 17.8 Å². The maximum atomic E-state index is 6.35. The highest BCUT2D eigenvalue weighted by molar-refractivity contribution is 6.31. The Balaban J connectivity index is 1.10. The van der Waals surface area contributed by atoms with E-state index in [-0.39, 0.29) is 0 Å². The van der Waals surface area contributed by atoms with Gasteiger partial charge >= 0.3 is 0 Å². The molecular weight excluding hydrogens is 660 g/mol. The van der Waals surface area contributed by atoms with Gasteiger partial charge in [0.25, 0.3) is 0 Å². The molecule has 0 spiro atoms. The van der Waals surface area contributed by atoms with E-state index in [1.54, 1.807) is 13.2 Å². The molecule has 11 nitrogen and oxygen atoms in total. The van der Waals surface area contributed by atoms with Crippen LogP contribution in [0.15, 0.2) is 104 Å². The highest BCUT2D eigenvalue weighted by Gasteiger charge is 2.25. The average molecular weight is 703 g/mol. The van der Waals surface area contributed by atoms with Crippen LogP contribution in [0.4, 0.5) is 29.2 Å². The van der Waals surface area contributed by atoms with Crippen molar-refractivity contribution in [2.75, 3.05) is 97.9 Å². The molecule has 4 heterocycles. The van der Waals surface area contributed by atoms with E-state index in [0.717, 1.165) is 91.3 Å². The van der Waals surface area contributed by atoms with Gasteiger partial charge in [-0.2, -0.15) is 15.0 Å².